The highest BCUT2D eigenvalue weighted by molar-refractivity contribution is 6.46. The van der Waals surface area contributed by atoms with E-state index in [1.54, 1.807) is 17.0 Å². The minimum absolute atomic E-state index is 0.129. The first-order chi connectivity index (χ1) is 16.0. The Kier molecular flexibility index (Phi) is 5.29. The number of ether oxygens (including phenoxy) is 1. The first-order valence-corrected chi connectivity index (χ1v) is 11.3. The van der Waals surface area contributed by atoms with Crippen molar-refractivity contribution in [1.82, 2.24) is 4.90 Å². The van der Waals surface area contributed by atoms with E-state index >= 15 is 0 Å². The number of hydrogen-bond acceptors (Lipinski definition) is 5. The van der Waals surface area contributed by atoms with E-state index in [4.69, 9.17) is 4.74 Å². The number of carbonyl (C=O) groups is 2. The first-order valence-electron chi connectivity index (χ1n) is 11.3. The molecule has 1 saturated heterocycles. The molecule has 0 bridgehead atoms. The molecule has 2 heterocycles. The summed E-state index contributed by atoms with van der Waals surface area (Å²) in [4.78, 5) is 29.9. The predicted molar refractivity (Wildman–Crippen MR) is 128 cm³/mol. The predicted octanol–water partition coefficient (Wildman–Crippen LogP) is 4.50. The fraction of sp³-hybridized carbons (Fsp3) is 0.259. The molecular weight excluding hydrogens is 416 g/mol. The Balaban J connectivity index is 1.72. The van der Waals surface area contributed by atoms with Crippen molar-refractivity contribution in [3.05, 3.63) is 77.4 Å². The first kappa shape index (κ1) is 21.1. The molecule has 3 aromatic rings. The number of ketones is 1. The molecule has 1 N–H and O–H groups in total. The van der Waals surface area contributed by atoms with E-state index in [0.29, 0.717) is 25.1 Å². The maximum absolute atomic E-state index is 13.2. The lowest BCUT2D eigenvalue weighted by molar-refractivity contribution is -0.139. The van der Waals surface area contributed by atoms with Gasteiger partial charge in [-0.25, -0.2) is 0 Å². The molecule has 0 aromatic heterocycles. The Labute approximate surface area is 192 Å². The van der Waals surface area contributed by atoms with Crippen LogP contribution in [0.3, 0.4) is 0 Å². The second-order valence-electron chi connectivity index (χ2n) is 8.51. The van der Waals surface area contributed by atoms with Gasteiger partial charge < -0.3 is 19.6 Å². The molecule has 6 heteroatoms. The standard InChI is InChI=1S/C27H26N2O4/c1-3-13-29-24(20-10-6-8-17-7-4-5-9-19(17)20)23(26(31)27(29)32)25(30)18-11-12-22-21(16-18)28(2)14-15-33-22/h4-12,16,24,30H,3,13-15H2,1-2H3/b25-23+. The van der Waals surface area contributed by atoms with Gasteiger partial charge in [0.2, 0.25) is 0 Å². The number of hydrogen-bond donors (Lipinski definition) is 1. The van der Waals surface area contributed by atoms with Crippen molar-refractivity contribution < 1.29 is 19.4 Å². The average Bonchev–Trinajstić information content (AvgIpc) is 3.08. The lowest BCUT2D eigenvalue weighted by Crippen LogP contribution is -2.30. The molecule has 0 saturated carbocycles. The minimum Gasteiger partial charge on any atom is -0.507 e. The third kappa shape index (κ3) is 3.42. The summed E-state index contributed by atoms with van der Waals surface area (Å²) >= 11 is 0. The van der Waals surface area contributed by atoms with Gasteiger partial charge in [-0.2, -0.15) is 0 Å². The molecular formula is C27H26N2O4. The van der Waals surface area contributed by atoms with Gasteiger partial charge in [0.15, 0.2) is 0 Å². The van der Waals surface area contributed by atoms with Crippen LogP contribution in [-0.2, 0) is 9.59 Å². The van der Waals surface area contributed by atoms with Crippen LogP contribution >= 0.6 is 0 Å². The Morgan fingerprint density at radius 3 is 2.70 bits per heavy atom. The lowest BCUT2D eigenvalue weighted by atomic mass is 9.91. The summed E-state index contributed by atoms with van der Waals surface area (Å²) in [6.07, 6.45) is 0.704. The third-order valence-corrected chi connectivity index (χ3v) is 6.45. The number of aliphatic hydroxyl groups is 1. The number of fused-ring (bicyclic) bond motifs is 2. The van der Waals surface area contributed by atoms with Crippen molar-refractivity contribution in [2.24, 2.45) is 0 Å². The quantitative estimate of drug-likeness (QED) is 0.366. The molecule has 168 valence electrons. The van der Waals surface area contributed by atoms with Gasteiger partial charge in [0.1, 0.15) is 18.1 Å². The highest BCUT2D eigenvalue weighted by Gasteiger charge is 2.46. The van der Waals surface area contributed by atoms with Crippen molar-refractivity contribution in [2.45, 2.75) is 19.4 Å². The van der Waals surface area contributed by atoms with Gasteiger partial charge in [-0.3, -0.25) is 9.59 Å². The van der Waals surface area contributed by atoms with Crippen molar-refractivity contribution in [1.29, 1.82) is 0 Å². The van der Waals surface area contributed by atoms with Gasteiger partial charge >= 0.3 is 0 Å². The van der Waals surface area contributed by atoms with Crippen LogP contribution in [0.2, 0.25) is 0 Å². The SMILES string of the molecule is CCCN1C(=O)C(=O)/C(=C(/O)c2ccc3c(c2)N(C)CCO3)C1c1cccc2ccccc12. The Hall–Kier alpha value is -3.80. The molecule has 1 amide bonds. The number of benzene rings is 3. The van der Waals surface area contributed by atoms with Crippen LogP contribution in [0.1, 0.15) is 30.5 Å². The van der Waals surface area contributed by atoms with Gasteiger partial charge in [-0.1, -0.05) is 49.4 Å². The van der Waals surface area contributed by atoms with Crippen LogP contribution in [0.4, 0.5) is 5.69 Å². The second-order valence-corrected chi connectivity index (χ2v) is 8.51. The number of aliphatic hydroxyl groups excluding tert-OH is 1. The summed E-state index contributed by atoms with van der Waals surface area (Å²) in [7, 11) is 1.96. The minimum atomic E-state index is -0.652. The second kappa shape index (κ2) is 8.28. The molecule has 0 spiro atoms. The van der Waals surface area contributed by atoms with Crippen LogP contribution in [0, 0.1) is 0 Å². The molecule has 0 radical (unpaired) electrons. The van der Waals surface area contributed by atoms with E-state index in [2.05, 4.69) is 0 Å². The number of likely N-dealkylation sites (tertiary alicyclic amines) is 1. The Morgan fingerprint density at radius 2 is 1.88 bits per heavy atom. The molecule has 5 rings (SSSR count). The number of nitrogens with zero attached hydrogens (tertiary/aromatic N) is 2. The summed E-state index contributed by atoms with van der Waals surface area (Å²) in [5, 5.41) is 13.4. The van der Waals surface area contributed by atoms with Gasteiger partial charge in [0.05, 0.1) is 23.8 Å². The normalized spacial score (nSPS) is 19.6. The van der Waals surface area contributed by atoms with Crippen LogP contribution in [0.25, 0.3) is 16.5 Å². The maximum Gasteiger partial charge on any atom is 0.295 e. The smallest absolute Gasteiger partial charge is 0.295 e. The molecule has 33 heavy (non-hydrogen) atoms. The Morgan fingerprint density at radius 1 is 1.09 bits per heavy atom. The van der Waals surface area contributed by atoms with Crippen LogP contribution in [0.5, 0.6) is 5.75 Å². The zero-order valence-corrected chi connectivity index (χ0v) is 18.7. The number of rotatable bonds is 4. The summed E-state index contributed by atoms with van der Waals surface area (Å²) in [5.41, 5.74) is 2.30. The number of anilines is 1. The molecule has 6 nitrogen and oxygen atoms in total. The Bertz CT molecular complexity index is 1290. The van der Waals surface area contributed by atoms with Gasteiger partial charge in [-0.15, -0.1) is 0 Å². The molecule has 1 fully saturated rings. The summed E-state index contributed by atoms with van der Waals surface area (Å²) in [6.45, 7) is 3.72. The van der Waals surface area contributed by atoms with Crippen LogP contribution in [-0.4, -0.2) is 48.4 Å². The van der Waals surface area contributed by atoms with Crippen molar-refractivity contribution >= 4 is 33.9 Å². The van der Waals surface area contributed by atoms with Gasteiger partial charge in [0, 0.05) is 19.2 Å². The number of carbonyl (C=O) groups excluding carboxylic acids is 2. The topological polar surface area (TPSA) is 70.1 Å². The molecule has 1 atom stereocenters. The van der Waals surface area contributed by atoms with E-state index < -0.39 is 17.7 Å². The van der Waals surface area contributed by atoms with E-state index in [1.165, 1.54) is 0 Å². The molecule has 2 aliphatic rings. The molecule has 2 aliphatic heterocycles. The van der Waals surface area contributed by atoms with E-state index in [1.807, 2.05) is 67.4 Å². The molecule has 3 aromatic carbocycles. The third-order valence-electron chi connectivity index (χ3n) is 6.45. The van der Waals surface area contributed by atoms with Crippen molar-refractivity contribution in [3.8, 4) is 5.75 Å². The zero-order valence-electron chi connectivity index (χ0n) is 18.7. The number of amides is 1. The maximum atomic E-state index is 13.2. The monoisotopic (exact) mass is 442 g/mol. The highest BCUT2D eigenvalue weighted by Crippen LogP contribution is 2.43. The summed E-state index contributed by atoms with van der Waals surface area (Å²) < 4.78 is 5.71. The van der Waals surface area contributed by atoms with E-state index in [-0.39, 0.29) is 11.3 Å². The number of likely N-dealkylation sites (N-methyl/N-ethyl adjacent to an activating group) is 1. The summed E-state index contributed by atoms with van der Waals surface area (Å²) in [5.74, 6) is -0.653. The van der Waals surface area contributed by atoms with Crippen molar-refractivity contribution in [3.63, 3.8) is 0 Å². The molecule has 1 unspecified atom stereocenters. The van der Waals surface area contributed by atoms with E-state index in [0.717, 1.165) is 34.3 Å². The van der Waals surface area contributed by atoms with Crippen molar-refractivity contribution in [2.75, 3.05) is 31.6 Å². The average molecular weight is 443 g/mol. The largest absolute Gasteiger partial charge is 0.507 e. The summed E-state index contributed by atoms with van der Waals surface area (Å²) in [6, 6.07) is 18.5. The highest BCUT2D eigenvalue weighted by atomic mass is 16.5. The van der Waals surface area contributed by atoms with E-state index in [9.17, 15) is 14.7 Å². The van der Waals surface area contributed by atoms with Gasteiger partial charge in [-0.05, 0) is 41.0 Å². The molecule has 0 aliphatic carbocycles. The van der Waals surface area contributed by atoms with Crippen LogP contribution < -0.4 is 9.64 Å². The fourth-order valence-corrected chi connectivity index (χ4v) is 4.82. The fourth-order valence-electron chi connectivity index (χ4n) is 4.82. The number of Topliss-reactive ketones (excluding diaryl/α,β-unsaturated/α-hetero) is 1. The van der Waals surface area contributed by atoms with Crippen LogP contribution in [0.15, 0.2) is 66.2 Å². The zero-order chi connectivity index (χ0) is 23.1. The lowest BCUT2D eigenvalue weighted by Gasteiger charge is -2.28. The van der Waals surface area contributed by atoms with Gasteiger partial charge in [0.25, 0.3) is 11.7 Å².